The summed E-state index contributed by atoms with van der Waals surface area (Å²) in [5.74, 6) is -0.406. The predicted octanol–water partition coefficient (Wildman–Crippen LogP) is 3.83. The average molecular weight is 286 g/mol. The number of rotatable bonds is 3. The van der Waals surface area contributed by atoms with Crippen LogP contribution in [-0.4, -0.2) is 0 Å². The Balaban J connectivity index is 2.23. The van der Waals surface area contributed by atoms with Gasteiger partial charge in [0.1, 0.15) is 11.9 Å². The molecule has 2 aromatic rings. The SMILES string of the molecule is N#Cc1ccc(F)c(CNc2cc(Cl)ccc2C#N)c1. The summed E-state index contributed by atoms with van der Waals surface area (Å²) in [6.45, 7) is 0.163. The lowest BCUT2D eigenvalue weighted by atomic mass is 10.1. The molecule has 2 rings (SSSR count). The molecule has 0 heterocycles. The first-order chi connectivity index (χ1) is 9.63. The van der Waals surface area contributed by atoms with Crippen molar-refractivity contribution in [3.05, 3.63) is 63.9 Å². The lowest BCUT2D eigenvalue weighted by Gasteiger charge is -2.09. The molecule has 0 atom stereocenters. The molecule has 0 radical (unpaired) electrons. The second-order valence-electron chi connectivity index (χ2n) is 4.07. The van der Waals surface area contributed by atoms with Gasteiger partial charge in [0.2, 0.25) is 0 Å². The van der Waals surface area contributed by atoms with Gasteiger partial charge >= 0.3 is 0 Å². The molecule has 0 amide bonds. The molecule has 2 aromatic carbocycles. The van der Waals surface area contributed by atoms with Crippen molar-refractivity contribution in [1.82, 2.24) is 0 Å². The van der Waals surface area contributed by atoms with Gasteiger partial charge in [0.05, 0.1) is 22.9 Å². The van der Waals surface area contributed by atoms with Gasteiger partial charge in [-0.25, -0.2) is 4.39 Å². The normalized spacial score (nSPS) is 9.60. The highest BCUT2D eigenvalue weighted by atomic mass is 35.5. The smallest absolute Gasteiger partial charge is 0.128 e. The van der Waals surface area contributed by atoms with Crippen LogP contribution >= 0.6 is 11.6 Å². The molecular formula is C15H9ClFN3. The third kappa shape index (κ3) is 3.06. The summed E-state index contributed by atoms with van der Waals surface area (Å²) in [5.41, 5.74) is 1.69. The maximum absolute atomic E-state index is 13.6. The van der Waals surface area contributed by atoms with Crippen molar-refractivity contribution in [2.45, 2.75) is 6.54 Å². The third-order valence-electron chi connectivity index (χ3n) is 2.75. The van der Waals surface area contributed by atoms with E-state index in [0.717, 1.165) is 0 Å². The van der Waals surface area contributed by atoms with Gasteiger partial charge in [0, 0.05) is 17.1 Å². The molecule has 0 aliphatic heterocycles. The maximum atomic E-state index is 13.6. The number of hydrogen-bond acceptors (Lipinski definition) is 3. The Bertz CT molecular complexity index is 729. The number of benzene rings is 2. The van der Waals surface area contributed by atoms with Gasteiger partial charge in [0.25, 0.3) is 0 Å². The molecule has 0 aromatic heterocycles. The molecule has 0 unspecified atom stereocenters. The standard InChI is InChI=1S/C15H9ClFN3/c16-13-3-2-11(8-19)15(6-13)20-9-12-5-10(7-18)1-4-14(12)17/h1-6,20H,9H2. The van der Waals surface area contributed by atoms with Crippen molar-refractivity contribution in [2.75, 3.05) is 5.32 Å². The minimum Gasteiger partial charge on any atom is -0.380 e. The van der Waals surface area contributed by atoms with E-state index >= 15 is 0 Å². The monoisotopic (exact) mass is 285 g/mol. The Hall–Kier alpha value is -2.56. The lowest BCUT2D eigenvalue weighted by molar-refractivity contribution is 0.612. The first-order valence-electron chi connectivity index (χ1n) is 5.76. The van der Waals surface area contributed by atoms with Crippen LogP contribution in [0.5, 0.6) is 0 Å². The minimum atomic E-state index is -0.406. The summed E-state index contributed by atoms with van der Waals surface area (Å²) >= 11 is 5.87. The molecule has 0 saturated carbocycles. The largest absolute Gasteiger partial charge is 0.380 e. The van der Waals surface area contributed by atoms with Crippen molar-refractivity contribution >= 4 is 17.3 Å². The predicted molar refractivity (Wildman–Crippen MR) is 74.6 cm³/mol. The molecule has 0 aliphatic rings. The zero-order valence-electron chi connectivity index (χ0n) is 10.3. The molecular weight excluding hydrogens is 277 g/mol. The van der Waals surface area contributed by atoms with Gasteiger partial charge in [-0.1, -0.05) is 11.6 Å². The fourth-order valence-electron chi connectivity index (χ4n) is 1.73. The van der Waals surface area contributed by atoms with Crippen molar-refractivity contribution in [2.24, 2.45) is 0 Å². The van der Waals surface area contributed by atoms with Crippen LogP contribution in [0.25, 0.3) is 0 Å². The van der Waals surface area contributed by atoms with Crippen LogP contribution in [0, 0.1) is 28.5 Å². The number of nitrogens with one attached hydrogen (secondary N) is 1. The van der Waals surface area contributed by atoms with E-state index in [1.165, 1.54) is 18.2 Å². The maximum Gasteiger partial charge on any atom is 0.128 e. The molecule has 20 heavy (non-hydrogen) atoms. The summed E-state index contributed by atoms with van der Waals surface area (Å²) < 4.78 is 13.6. The highest BCUT2D eigenvalue weighted by molar-refractivity contribution is 6.30. The van der Waals surface area contributed by atoms with Crippen LogP contribution in [0.2, 0.25) is 5.02 Å². The average Bonchev–Trinajstić information content (AvgIpc) is 2.46. The van der Waals surface area contributed by atoms with Crippen molar-refractivity contribution < 1.29 is 4.39 Å². The van der Waals surface area contributed by atoms with Gasteiger partial charge in [-0.2, -0.15) is 10.5 Å². The van der Waals surface area contributed by atoms with E-state index in [1.807, 2.05) is 12.1 Å². The molecule has 0 bridgehead atoms. The number of halogens is 2. The molecule has 0 saturated heterocycles. The Morgan fingerprint density at radius 3 is 2.60 bits per heavy atom. The first-order valence-corrected chi connectivity index (χ1v) is 6.14. The third-order valence-corrected chi connectivity index (χ3v) is 2.98. The molecule has 3 nitrogen and oxygen atoms in total. The van der Waals surface area contributed by atoms with Crippen LogP contribution in [0.15, 0.2) is 36.4 Å². The summed E-state index contributed by atoms with van der Waals surface area (Å²) in [7, 11) is 0. The summed E-state index contributed by atoms with van der Waals surface area (Å²) in [4.78, 5) is 0. The van der Waals surface area contributed by atoms with Crippen molar-refractivity contribution in [3.8, 4) is 12.1 Å². The van der Waals surface area contributed by atoms with Crippen LogP contribution in [0.1, 0.15) is 16.7 Å². The highest BCUT2D eigenvalue weighted by Crippen LogP contribution is 2.21. The van der Waals surface area contributed by atoms with Gasteiger partial charge in [-0.15, -0.1) is 0 Å². The van der Waals surface area contributed by atoms with E-state index in [-0.39, 0.29) is 6.54 Å². The summed E-state index contributed by atoms with van der Waals surface area (Å²) in [6.07, 6.45) is 0. The Kier molecular flexibility index (Phi) is 4.20. The van der Waals surface area contributed by atoms with Crippen molar-refractivity contribution in [3.63, 3.8) is 0 Å². The fourth-order valence-corrected chi connectivity index (χ4v) is 1.90. The minimum absolute atomic E-state index is 0.163. The summed E-state index contributed by atoms with van der Waals surface area (Å²) in [6, 6.07) is 12.9. The van der Waals surface area contributed by atoms with Gasteiger partial charge in [0.15, 0.2) is 0 Å². The van der Waals surface area contributed by atoms with Crippen LogP contribution < -0.4 is 5.32 Å². The van der Waals surface area contributed by atoms with Gasteiger partial charge < -0.3 is 5.32 Å². The molecule has 5 heteroatoms. The number of nitrogens with zero attached hydrogens (tertiary/aromatic N) is 2. The van der Waals surface area contributed by atoms with Gasteiger partial charge in [-0.3, -0.25) is 0 Å². The Morgan fingerprint density at radius 2 is 1.90 bits per heavy atom. The number of hydrogen-bond donors (Lipinski definition) is 1. The molecule has 0 spiro atoms. The van der Waals surface area contributed by atoms with E-state index < -0.39 is 5.82 Å². The fraction of sp³-hybridized carbons (Fsp3) is 0.0667. The number of nitriles is 2. The second-order valence-corrected chi connectivity index (χ2v) is 4.51. The highest BCUT2D eigenvalue weighted by Gasteiger charge is 2.06. The number of anilines is 1. The molecule has 1 N–H and O–H groups in total. The van der Waals surface area contributed by atoms with E-state index in [2.05, 4.69) is 5.32 Å². The molecule has 0 aliphatic carbocycles. The molecule has 98 valence electrons. The van der Waals surface area contributed by atoms with Crippen LogP contribution in [0.3, 0.4) is 0 Å². The topological polar surface area (TPSA) is 59.6 Å². The molecule has 0 fully saturated rings. The summed E-state index contributed by atoms with van der Waals surface area (Å²) in [5, 5.41) is 21.2. The lowest BCUT2D eigenvalue weighted by Crippen LogP contribution is -2.03. The Morgan fingerprint density at radius 1 is 1.10 bits per heavy atom. The van der Waals surface area contributed by atoms with E-state index in [1.54, 1.807) is 18.2 Å². The zero-order chi connectivity index (χ0) is 14.5. The first kappa shape index (κ1) is 13.9. The van der Waals surface area contributed by atoms with E-state index in [9.17, 15) is 4.39 Å². The van der Waals surface area contributed by atoms with E-state index in [4.69, 9.17) is 22.1 Å². The Labute approximate surface area is 120 Å². The second kappa shape index (κ2) is 6.06. The van der Waals surface area contributed by atoms with Gasteiger partial charge in [-0.05, 0) is 36.4 Å². The van der Waals surface area contributed by atoms with Crippen LogP contribution in [-0.2, 0) is 6.54 Å². The van der Waals surface area contributed by atoms with Crippen molar-refractivity contribution in [1.29, 1.82) is 10.5 Å². The zero-order valence-corrected chi connectivity index (χ0v) is 11.1. The van der Waals surface area contributed by atoms with Crippen LogP contribution in [0.4, 0.5) is 10.1 Å². The quantitative estimate of drug-likeness (QED) is 0.932. The van der Waals surface area contributed by atoms with E-state index in [0.29, 0.717) is 27.4 Å².